The molecule has 1 atom stereocenters. The Morgan fingerprint density at radius 2 is 1.90 bits per heavy atom. The zero-order valence-electron chi connectivity index (χ0n) is 13.3. The van der Waals surface area contributed by atoms with Crippen LogP contribution in [0.15, 0.2) is 35.1 Å². The van der Waals surface area contributed by atoms with Crippen molar-refractivity contribution in [2.24, 2.45) is 5.73 Å². The summed E-state index contributed by atoms with van der Waals surface area (Å²) in [6, 6.07) is 9.99. The van der Waals surface area contributed by atoms with E-state index < -0.39 is 0 Å². The average Bonchev–Trinajstić information content (AvgIpc) is 2.43. The molecule has 0 bridgehead atoms. The van der Waals surface area contributed by atoms with Crippen molar-refractivity contribution in [3.05, 3.63) is 57.4 Å². The largest absolute Gasteiger partial charge is 0.324 e. The first-order valence-corrected chi connectivity index (χ1v) is 7.52. The van der Waals surface area contributed by atoms with Gasteiger partial charge < -0.3 is 10.3 Å². The third kappa shape index (κ3) is 3.08. The number of pyridine rings is 1. The molecule has 0 spiro atoms. The molecule has 0 aliphatic carbocycles. The van der Waals surface area contributed by atoms with E-state index in [1.54, 1.807) is 0 Å². The first-order chi connectivity index (χ1) is 9.95. The molecule has 1 unspecified atom stereocenters. The number of rotatable bonds is 4. The summed E-state index contributed by atoms with van der Waals surface area (Å²) in [5, 5.41) is 0. The molecule has 0 saturated carbocycles. The number of aryl methyl sites for hydroxylation is 2. The molecule has 2 rings (SSSR count). The molecule has 1 aromatic carbocycles. The minimum atomic E-state index is -0.242. The van der Waals surface area contributed by atoms with Gasteiger partial charge in [0.1, 0.15) is 0 Å². The van der Waals surface area contributed by atoms with E-state index in [4.69, 9.17) is 5.73 Å². The van der Waals surface area contributed by atoms with Crippen molar-refractivity contribution in [2.75, 3.05) is 0 Å². The van der Waals surface area contributed by atoms with Crippen molar-refractivity contribution >= 4 is 0 Å². The highest BCUT2D eigenvalue weighted by Crippen LogP contribution is 2.24. The van der Waals surface area contributed by atoms with Gasteiger partial charge in [0, 0.05) is 23.7 Å². The van der Waals surface area contributed by atoms with Gasteiger partial charge in [-0.2, -0.15) is 0 Å². The maximum Gasteiger partial charge on any atom is 0.255 e. The van der Waals surface area contributed by atoms with E-state index in [0.29, 0.717) is 12.1 Å². The van der Waals surface area contributed by atoms with Crippen LogP contribution in [-0.2, 0) is 6.54 Å². The Morgan fingerprint density at radius 1 is 1.19 bits per heavy atom. The molecular weight excluding hydrogens is 260 g/mol. The second kappa shape index (κ2) is 6.27. The van der Waals surface area contributed by atoms with Gasteiger partial charge in [-0.05, 0) is 51.0 Å². The summed E-state index contributed by atoms with van der Waals surface area (Å²) in [7, 11) is 0. The maximum absolute atomic E-state index is 12.7. The molecule has 1 aromatic heterocycles. The Labute approximate surface area is 126 Å². The molecular formula is C18H24N2O. The molecule has 0 saturated heterocycles. The van der Waals surface area contributed by atoms with Gasteiger partial charge in [-0.3, -0.25) is 4.79 Å². The molecule has 0 aliphatic heterocycles. The van der Waals surface area contributed by atoms with E-state index in [1.807, 2.05) is 23.6 Å². The third-order valence-corrected chi connectivity index (χ3v) is 3.81. The van der Waals surface area contributed by atoms with E-state index in [-0.39, 0.29) is 11.6 Å². The van der Waals surface area contributed by atoms with Crippen LogP contribution in [0.5, 0.6) is 0 Å². The summed E-state index contributed by atoms with van der Waals surface area (Å²) >= 11 is 0. The zero-order chi connectivity index (χ0) is 15.6. The van der Waals surface area contributed by atoms with Crippen molar-refractivity contribution in [1.29, 1.82) is 0 Å². The highest BCUT2D eigenvalue weighted by atomic mass is 16.1. The van der Waals surface area contributed by atoms with Crippen molar-refractivity contribution in [3.8, 4) is 11.3 Å². The Kier molecular flexibility index (Phi) is 4.63. The molecule has 3 nitrogen and oxygen atoms in total. The molecule has 3 heteroatoms. The summed E-state index contributed by atoms with van der Waals surface area (Å²) in [6.45, 7) is 8.79. The van der Waals surface area contributed by atoms with Crippen molar-refractivity contribution in [1.82, 2.24) is 4.57 Å². The normalized spacial score (nSPS) is 12.4. The molecule has 0 radical (unpaired) electrons. The van der Waals surface area contributed by atoms with Gasteiger partial charge in [0.05, 0.1) is 5.69 Å². The van der Waals surface area contributed by atoms with Crippen LogP contribution in [0.2, 0.25) is 0 Å². The van der Waals surface area contributed by atoms with E-state index >= 15 is 0 Å². The number of hydrogen-bond donors (Lipinski definition) is 1. The number of hydrogen-bond acceptors (Lipinski definition) is 2. The van der Waals surface area contributed by atoms with Gasteiger partial charge in [0.25, 0.3) is 5.56 Å². The van der Waals surface area contributed by atoms with E-state index in [9.17, 15) is 4.79 Å². The maximum atomic E-state index is 12.7. The standard InChI is InChI=1S/C18H24N2O/c1-5-10-20-17(9-8-15(14(4)19)18(20)21)16-11-12(2)6-7-13(16)3/h6-9,11,14H,5,10,19H2,1-4H3. The van der Waals surface area contributed by atoms with Crippen molar-refractivity contribution in [2.45, 2.75) is 46.7 Å². The molecule has 2 aromatic rings. The summed E-state index contributed by atoms with van der Waals surface area (Å²) in [4.78, 5) is 12.7. The predicted molar refractivity (Wildman–Crippen MR) is 88.5 cm³/mol. The van der Waals surface area contributed by atoms with Gasteiger partial charge >= 0.3 is 0 Å². The molecule has 112 valence electrons. The summed E-state index contributed by atoms with van der Waals surface area (Å²) in [5.41, 5.74) is 11.1. The Balaban J connectivity index is 2.71. The van der Waals surface area contributed by atoms with Gasteiger partial charge in [-0.15, -0.1) is 0 Å². The number of nitrogens with zero attached hydrogens (tertiary/aromatic N) is 1. The zero-order valence-corrected chi connectivity index (χ0v) is 13.3. The molecule has 1 heterocycles. The lowest BCUT2D eigenvalue weighted by molar-refractivity contribution is 0.643. The fourth-order valence-corrected chi connectivity index (χ4v) is 2.63. The minimum absolute atomic E-state index is 0.0326. The molecule has 2 N–H and O–H groups in total. The smallest absolute Gasteiger partial charge is 0.255 e. The average molecular weight is 284 g/mol. The summed E-state index contributed by atoms with van der Waals surface area (Å²) in [5.74, 6) is 0. The van der Waals surface area contributed by atoms with Crippen LogP contribution >= 0.6 is 0 Å². The van der Waals surface area contributed by atoms with Gasteiger partial charge in [0.2, 0.25) is 0 Å². The number of nitrogens with two attached hydrogens (primary N) is 1. The van der Waals surface area contributed by atoms with E-state index in [1.165, 1.54) is 11.1 Å². The van der Waals surface area contributed by atoms with Crippen LogP contribution in [0.4, 0.5) is 0 Å². The second-order valence-electron chi connectivity index (χ2n) is 5.74. The van der Waals surface area contributed by atoms with Crippen LogP contribution in [0.25, 0.3) is 11.3 Å². The molecule has 0 amide bonds. The number of benzene rings is 1. The van der Waals surface area contributed by atoms with Crippen LogP contribution in [-0.4, -0.2) is 4.57 Å². The van der Waals surface area contributed by atoms with Crippen LogP contribution < -0.4 is 11.3 Å². The third-order valence-electron chi connectivity index (χ3n) is 3.81. The molecule has 0 fully saturated rings. The summed E-state index contributed by atoms with van der Waals surface area (Å²) < 4.78 is 1.86. The topological polar surface area (TPSA) is 48.0 Å². The minimum Gasteiger partial charge on any atom is -0.324 e. The van der Waals surface area contributed by atoms with Gasteiger partial charge in [-0.25, -0.2) is 0 Å². The van der Waals surface area contributed by atoms with Crippen molar-refractivity contribution in [3.63, 3.8) is 0 Å². The van der Waals surface area contributed by atoms with Gasteiger partial charge in [0.15, 0.2) is 0 Å². The van der Waals surface area contributed by atoms with Crippen molar-refractivity contribution < 1.29 is 0 Å². The predicted octanol–water partition coefficient (Wildman–Crippen LogP) is 3.56. The Morgan fingerprint density at radius 3 is 2.52 bits per heavy atom. The molecule has 21 heavy (non-hydrogen) atoms. The summed E-state index contributed by atoms with van der Waals surface area (Å²) in [6.07, 6.45) is 0.917. The van der Waals surface area contributed by atoms with E-state index in [0.717, 1.165) is 17.7 Å². The monoisotopic (exact) mass is 284 g/mol. The van der Waals surface area contributed by atoms with Crippen LogP contribution in [0.1, 0.15) is 43.0 Å². The van der Waals surface area contributed by atoms with Crippen LogP contribution in [0, 0.1) is 13.8 Å². The highest BCUT2D eigenvalue weighted by Gasteiger charge is 2.13. The van der Waals surface area contributed by atoms with Gasteiger partial charge in [-0.1, -0.05) is 24.6 Å². The quantitative estimate of drug-likeness (QED) is 0.933. The Hall–Kier alpha value is -1.87. The lowest BCUT2D eigenvalue weighted by Gasteiger charge is -2.17. The van der Waals surface area contributed by atoms with E-state index in [2.05, 4.69) is 39.0 Å². The van der Waals surface area contributed by atoms with Crippen LogP contribution in [0.3, 0.4) is 0 Å². The first kappa shape index (κ1) is 15.5. The lowest BCUT2D eigenvalue weighted by Crippen LogP contribution is -2.28. The highest BCUT2D eigenvalue weighted by molar-refractivity contribution is 5.65. The second-order valence-corrected chi connectivity index (χ2v) is 5.74. The fraction of sp³-hybridized carbons (Fsp3) is 0.389. The first-order valence-electron chi connectivity index (χ1n) is 7.52. The SMILES string of the molecule is CCCn1c(-c2cc(C)ccc2C)ccc(C(C)N)c1=O. The molecule has 0 aliphatic rings. The fourth-order valence-electron chi connectivity index (χ4n) is 2.63. The Bertz CT molecular complexity index is 699. The number of aromatic nitrogens is 1. The lowest BCUT2D eigenvalue weighted by atomic mass is 10.0.